The first-order valence-electron chi connectivity index (χ1n) is 13.7. The largest absolute Gasteiger partial charge is 0.338 e. The molecular weight excluding hydrogens is 482 g/mol. The number of piperidine rings is 1. The highest BCUT2D eigenvalue weighted by Crippen LogP contribution is 2.43. The highest BCUT2D eigenvalue weighted by atomic mass is 32.2. The van der Waals surface area contributed by atoms with Gasteiger partial charge >= 0.3 is 0 Å². The third kappa shape index (κ3) is 5.64. The smallest absolute Gasteiger partial charge is 0.229 e. The van der Waals surface area contributed by atoms with Gasteiger partial charge in [0, 0.05) is 50.9 Å². The van der Waals surface area contributed by atoms with Crippen LogP contribution in [0.2, 0.25) is 0 Å². The maximum atomic E-state index is 13.5. The van der Waals surface area contributed by atoms with Crippen molar-refractivity contribution in [2.45, 2.75) is 56.5 Å². The van der Waals surface area contributed by atoms with Gasteiger partial charge in [-0.25, -0.2) is 8.42 Å². The molecule has 1 amide bonds. The molecule has 1 unspecified atom stereocenters. The molecule has 200 valence electrons. The lowest BCUT2D eigenvalue weighted by Crippen LogP contribution is -2.46. The Balaban J connectivity index is 1.18. The molecule has 3 aliphatic rings. The number of hydrogen-bond acceptors (Lipinski definition) is 5. The molecule has 37 heavy (non-hydrogen) atoms. The fraction of sp³-hybridized carbons (Fsp3) is 0.567. The molecule has 0 N–H and O–H groups in total. The second-order valence-corrected chi connectivity index (χ2v) is 13.8. The van der Waals surface area contributed by atoms with Gasteiger partial charge in [0.2, 0.25) is 5.91 Å². The van der Waals surface area contributed by atoms with Crippen LogP contribution >= 0.6 is 0 Å². The summed E-state index contributed by atoms with van der Waals surface area (Å²) in [6.07, 6.45) is 4.02. The molecule has 0 aliphatic carbocycles. The van der Waals surface area contributed by atoms with E-state index < -0.39 is 9.84 Å². The zero-order valence-electron chi connectivity index (χ0n) is 22.5. The summed E-state index contributed by atoms with van der Waals surface area (Å²) in [5, 5.41) is 0. The van der Waals surface area contributed by atoms with Gasteiger partial charge in [-0.3, -0.25) is 9.69 Å². The van der Waals surface area contributed by atoms with E-state index in [1.54, 1.807) is 12.1 Å². The lowest BCUT2D eigenvalue weighted by atomic mass is 9.76. The van der Waals surface area contributed by atoms with Crippen molar-refractivity contribution in [3.05, 3.63) is 65.7 Å². The predicted octanol–water partition coefficient (Wildman–Crippen LogP) is 4.03. The van der Waals surface area contributed by atoms with E-state index in [9.17, 15) is 13.2 Å². The Bertz CT molecular complexity index is 1190. The van der Waals surface area contributed by atoms with Gasteiger partial charge in [-0.05, 0) is 75.4 Å². The van der Waals surface area contributed by atoms with Crippen LogP contribution in [0, 0.1) is 11.3 Å². The molecule has 0 aromatic heterocycles. The number of likely N-dealkylation sites (tertiary alicyclic amines) is 3. The average Bonchev–Trinajstić information content (AvgIpc) is 3.43. The van der Waals surface area contributed by atoms with Crippen LogP contribution in [0.1, 0.15) is 50.2 Å². The van der Waals surface area contributed by atoms with Gasteiger partial charge in [0.05, 0.1) is 10.3 Å². The van der Waals surface area contributed by atoms with Crippen molar-refractivity contribution in [3.8, 4) is 0 Å². The quantitative estimate of drug-likeness (QED) is 0.549. The van der Waals surface area contributed by atoms with Crippen LogP contribution in [0.15, 0.2) is 59.5 Å². The summed E-state index contributed by atoms with van der Waals surface area (Å²) in [4.78, 5) is 21.1. The van der Waals surface area contributed by atoms with Gasteiger partial charge in [-0.1, -0.05) is 42.5 Å². The maximum absolute atomic E-state index is 13.5. The first kappa shape index (κ1) is 26.4. The SMILES string of the molecule is CC(C)N1CC(c2ccccc2)[C@@H](CN2CCC3(CC2)CCN(Cc2ccc(S(C)(=O)=O)cc2)C3=O)C1. The first-order valence-corrected chi connectivity index (χ1v) is 15.6. The lowest BCUT2D eigenvalue weighted by molar-refractivity contribution is -0.139. The van der Waals surface area contributed by atoms with Gasteiger partial charge in [-0.15, -0.1) is 0 Å². The number of rotatable bonds is 7. The van der Waals surface area contributed by atoms with Crippen molar-refractivity contribution in [3.63, 3.8) is 0 Å². The molecule has 7 heteroatoms. The number of sulfone groups is 1. The van der Waals surface area contributed by atoms with Gasteiger partial charge in [-0.2, -0.15) is 0 Å². The molecule has 2 aromatic rings. The maximum Gasteiger partial charge on any atom is 0.229 e. The summed E-state index contributed by atoms with van der Waals surface area (Å²) >= 11 is 0. The number of hydrogen-bond donors (Lipinski definition) is 0. The van der Waals surface area contributed by atoms with E-state index in [2.05, 4.69) is 54.0 Å². The van der Waals surface area contributed by atoms with Crippen LogP contribution < -0.4 is 0 Å². The average molecular weight is 524 g/mol. The summed E-state index contributed by atoms with van der Waals surface area (Å²) in [7, 11) is -3.21. The number of carbonyl (C=O) groups is 1. The van der Waals surface area contributed by atoms with Crippen molar-refractivity contribution in [1.82, 2.24) is 14.7 Å². The van der Waals surface area contributed by atoms with Crippen LogP contribution in [-0.4, -0.2) is 80.6 Å². The van der Waals surface area contributed by atoms with Crippen LogP contribution in [0.5, 0.6) is 0 Å². The molecule has 5 rings (SSSR count). The molecule has 3 saturated heterocycles. The van der Waals surface area contributed by atoms with Crippen molar-refractivity contribution in [2.75, 3.05) is 45.5 Å². The van der Waals surface area contributed by atoms with Gasteiger partial charge < -0.3 is 9.80 Å². The molecule has 3 fully saturated rings. The van der Waals surface area contributed by atoms with E-state index in [1.807, 2.05) is 17.0 Å². The summed E-state index contributed by atoms with van der Waals surface area (Å²) in [6.45, 7) is 11.3. The van der Waals surface area contributed by atoms with Crippen molar-refractivity contribution in [1.29, 1.82) is 0 Å². The summed E-state index contributed by atoms with van der Waals surface area (Å²) in [5.74, 6) is 1.47. The van der Waals surface area contributed by atoms with E-state index in [0.29, 0.717) is 29.3 Å². The van der Waals surface area contributed by atoms with Crippen molar-refractivity contribution < 1.29 is 13.2 Å². The molecule has 3 heterocycles. The standard InChI is InChI=1S/C30H41N3O3S/c1-23(2)33-21-26(28(22-33)25-7-5-4-6-8-25)20-31-16-13-30(14-17-31)15-18-32(29(30)34)19-24-9-11-27(12-10-24)37(3,35)36/h4-12,23,26,28H,13-22H2,1-3H3/t26-,28?/m0/s1. The second kappa shape index (κ2) is 10.5. The Hall–Kier alpha value is -2.22. The summed E-state index contributed by atoms with van der Waals surface area (Å²) < 4.78 is 23.5. The minimum atomic E-state index is -3.21. The van der Waals surface area contributed by atoms with Crippen LogP contribution in [0.25, 0.3) is 0 Å². The van der Waals surface area contributed by atoms with Gasteiger partial charge in [0.1, 0.15) is 0 Å². The van der Waals surface area contributed by atoms with Crippen molar-refractivity contribution >= 4 is 15.7 Å². The van der Waals surface area contributed by atoms with E-state index in [1.165, 1.54) is 11.8 Å². The van der Waals surface area contributed by atoms with Crippen molar-refractivity contribution in [2.24, 2.45) is 11.3 Å². The molecule has 2 atom stereocenters. The van der Waals surface area contributed by atoms with Crippen LogP contribution in [0.3, 0.4) is 0 Å². The molecule has 0 bridgehead atoms. The molecular formula is C30H41N3O3S. The lowest BCUT2D eigenvalue weighted by Gasteiger charge is -2.39. The van der Waals surface area contributed by atoms with E-state index in [0.717, 1.165) is 64.1 Å². The van der Waals surface area contributed by atoms with E-state index >= 15 is 0 Å². The minimum absolute atomic E-state index is 0.221. The second-order valence-electron chi connectivity index (χ2n) is 11.8. The number of benzene rings is 2. The monoisotopic (exact) mass is 523 g/mol. The third-order valence-electron chi connectivity index (χ3n) is 9.06. The zero-order chi connectivity index (χ0) is 26.2. The molecule has 0 radical (unpaired) electrons. The normalized spacial score (nSPS) is 25.0. The fourth-order valence-electron chi connectivity index (χ4n) is 6.65. The number of carbonyl (C=O) groups excluding carboxylic acids is 1. The number of amides is 1. The molecule has 3 aliphatic heterocycles. The molecule has 2 aromatic carbocycles. The van der Waals surface area contributed by atoms with E-state index in [4.69, 9.17) is 0 Å². The highest BCUT2D eigenvalue weighted by Gasteiger charge is 2.48. The summed E-state index contributed by atoms with van der Waals surface area (Å²) in [6, 6.07) is 18.5. The van der Waals surface area contributed by atoms with Gasteiger partial charge in [0.25, 0.3) is 0 Å². The van der Waals surface area contributed by atoms with Gasteiger partial charge in [0.15, 0.2) is 9.84 Å². The topological polar surface area (TPSA) is 60.9 Å². The molecule has 1 spiro atoms. The molecule has 6 nitrogen and oxygen atoms in total. The Morgan fingerprint density at radius 2 is 1.57 bits per heavy atom. The predicted molar refractivity (Wildman–Crippen MR) is 147 cm³/mol. The number of nitrogens with zero attached hydrogens (tertiary/aromatic N) is 3. The molecule has 0 saturated carbocycles. The Morgan fingerprint density at radius 1 is 0.919 bits per heavy atom. The fourth-order valence-corrected chi connectivity index (χ4v) is 7.28. The minimum Gasteiger partial charge on any atom is -0.338 e. The Kier molecular flexibility index (Phi) is 7.49. The van der Waals surface area contributed by atoms with Crippen LogP contribution in [-0.2, 0) is 21.2 Å². The zero-order valence-corrected chi connectivity index (χ0v) is 23.3. The first-order chi connectivity index (χ1) is 17.6. The Labute approximate surface area is 222 Å². The van der Waals surface area contributed by atoms with E-state index in [-0.39, 0.29) is 11.3 Å². The Morgan fingerprint density at radius 3 is 2.19 bits per heavy atom. The van der Waals surface area contributed by atoms with Crippen LogP contribution in [0.4, 0.5) is 0 Å². The highest BCUT2D eigenvalue weighted by molar-refractivity contribution is 7.90. The third-order valence-corrected chi connectivity index (χ3v) is 10.2. The summed E-state index contributed by atoms with van der Waals surface area (Å²) in [5.41, 5.74) is 2.22.